The first-order valence-electron chi connectivity index (χ1n) is 6.46. The van der Waals surface area contributed by atoms with Crippen LogP contribution in [0.25, 0.3) is 0 Å². The smallest absolute Gasteiger partial charge is 0.158 e. The van der Waals surface area contributed by atoms with Crippen LogP contribution in [0.1, 0.15) is 19.8 Å². The monoisotopic (exact) mass is 266 g/mol. The summed E-state index contributed by atoms with van der Waals surface area (Å²) in [5.41, 5.74) is 0.634. The largest absolute Gasteiger partial charge is 0.394 e. The molecule has 18 heavy (non-hydrogen) atoms. The number of aliphatic hydroxyl groups excluding tert-OH is 1. The van der Waals surface area contributed by atoms with Gasteiger partial charge in [-0.3, -0.25) is 4.79 Å². The molecule has 4 heteroatoms. The molecular formula is C14H22O3Si. The molecule has 0 aliphatic rings. The predicted octanol–water partition coefficient (Wildman–Crippen LogP) is 0.647. The fraction of sp³-hybridized carbons (Fsp3) is 0.500. The molecule has 1 aromatic rings. The maximum absolute atomic E-state index is 11.5. The molecule has 0 saturated carbocycles. The highest BCUT2D eigenvalue weighted by Gasteiger charge is 2.08. The van der Waals surface area contributed by atoms with Gasteiger partial charge >= 0.3 is 0 Å². The summed E-state index contributed by atoms with van der Waals surface area (Å²) in [5, 5.41) is 9.98. The van der Waals surface area contributed by atoms with Crippen molar-refractivity contribution in [2.75, 3.05) is 19.8 Å². The van der Waals surface area contributed by atoms with Crippen LogP contribution in [0.2, 0.25) is 5.54 Å². The summed E-state index contributed by atoms with van der Waals surface area (Å²) in [6, 6.07) is 10.5. The van der Waals surface area contributed by atoms with Gasteiger partial charge in [-0.15, -0.1) is 0 Å². The molecular weight excluding hydrogens is 244 g/mol. The third-order valence-electron chi connectivity index (χ3n) is 2.84. The lowest BCUT2D eigenvalue weighted by atomic mass is 10.2. The van der Waals surface area contributed by atoms with E-state index in [0.29, 0.717) is 12.0 Å². The van der Waals surface area contributed by atoms with Gasteiger partial charge in [0.25, 0.3) is 0 Å². The van der Waals surface area contributed by atoms with E-state index in [9.17, 15) is 4.79 Å². The number of ketones is 1. The molecule has 0 heterocycles. The average Bonchev–Trinajstić information content (AvgIpc) is 2.38. The van der Waals surface area contributed by atoms with Gasteiger partial charge in [0.2, 0.25) is 0 Å². The molecule has 3 nitrogen and oxygen atoms in total. The zero-order valence-corrected chi connectivity index (χ0v) is 12.4. The fourth-order valence-electron chi connectivity index (χ4n) is 1.85. The average molecular weight is 266 g/mol. The van der Waals surface area contributed by atoms with Crippen LogP contribution in [0.3, 0.4) is 0 Å². The van der Waals surface area contributed by atoms with Crippen LogP contribution < -0.4 is 5.19 Å². The highest BCUT2D eigenvalue weighted by atomic mass is 28.2. The van der Waals surface area contributed by atoms with Crippen molar-refractivity contribution in [3.8, 4) is 0 Å². The molecule has 100 valence electrons. The lowest BCUT2D eigenvalue weighted by Gasteiger charge is -2.10. The Morgan fingerprint density at radius 3 is 2.78 bits per heavy atom. The summed E-state index contributed by atoms with van der Waals surface area (Å²) in [6.45, 7) is 2.59. The van der Waals surface area contributed by atoms with Gasteiger partial charge in [0, 0.05) is 6.42 Å². The van der Waals surface area contributed by atoms with Crippen molar-refractivity contribution in [1.29, 1.82) is 0 Å². The van der Waals surface area contributed by atoms with E-state index in [2.05, 4.69) is 31.2 Å². The number of rotatable bonds is 9. The molecule has 1 N–H and O–H groups in total. The fourth-order valence-corrected chi connectivity index (χ4v) is 3.61. The molecule has 0 aliphatic heterocycles. The van der Waals surface area contributed by atoms with Crippen molar-refractivity contribution >= 4 is 20.5 Å². The second kappa shape index (κ2) is 9.02. The highest BCUT2D eigenvalue weighted by Crippen LogP contribution is 2.10. The van der Waals surface area contributed by atoms with Gasteiger partial charge in [0.1, 0.15) is 6.61 Å². The lowest BCUT2D eigenvalue weighted by Crippen LogP contribution is -2.19. The number of hydrogen-bond acceptors (Lipinski definition) is 3. The zero-order chi connectivity index (χ0) is 13.2. The van der Waals surface area contributed by atoms with Gasteiger partial charge in [-0.25, -0.2) is 0 Å². The summed E-state index contributed by atoms with van der Waals surface area (Å²) in [6.07, 6.45) is 1.54. The van der Waals surface area contributed by atoms with Crippen molar-refractivity contribution in [2.24, 2.45) is 0 Å². The van der Waals surface area contributed by atoms with Gasteiger partial charge in [-0.05, 0) is 12.0 Å². The topological polar surface area (TPSA) is 46.5 Å². The number of hydrogen-bond donors (Lipinski definition) is 1. The van der Waals surface area contributed by atoms with Crippen molar-refractivity contribution < 1.29 is 14.6 Å². The minimum absolute atomic E-state index is 0.0232. The number of ether oxygens (including phenoxy) is 1. The van der Waals surface area contributed by atoms with E-state index < -0.39 is 0 Å². The molecule has 0 aliphatic carbocycles. The van der Waals surface area contributed by atoms with Crippen molar-refractivity contribution in [1.82, 2.24) is 0 Å². The number of carbonyl (C=O) groups is 1. The summed E-state index contributed by atoms with van der Waals surface area (Å²) >= 11 is 0. The van der Waals surface area contributed by atoms with Crippen molar-refractivity contribution in [3.63, 3.8) is 0 Å². The molecule has 1 unspecified atom stereocenters. The maximum atomic E-state index is 11.5. The van der Waals surface area contributed by atoms with Gasteiger partial charge in [0.15, 0.2) is 5.78 Å². The summed E-state index contributed by atoms with van der Waals surface area (Å²) in [5.74, 6) is 0.136. The van der Waals surface area contributed by atoms with Crippen LogP contribution in [-0.4, -0.2) is 40.2 Å². The van der Waals surface area contributed by atoms with E-state index in [0.717, 1.165) is 6.42 Å². The van der Waals surface area contributed by atoms with E-state index >= 15 is 0 Å². The van der Waals surface area contributed by atoms with E-state index in [1.807, 2.05) is 6.07 Å². The van der Waals surface area contributed by atoms with Gasteiger partial charge < -0.3 is 9.84 Å². The first-order valence-corrected chi connectivity index (χ1v) is 7.99. The van der Waals surface area contributed by atoms with E-state index in [1.54, 1.807) is 0 Å². The first kappa shape index (κ1) is 15.1. The SMILES string of the molecule is CC(CCC(=O)COCCO)[SiH2]c1ccccc1. The number of Topliss-reactive ketones (excluding diaryl/α,β-unsaturated/α-hetero) is 1. The van der Waals surface area contributed by atoms with Crippen LogP contribution in [0, 0.1) is 0 Å². The standard InChI is InChI=1S/C14H22O3Si/c1-12(18-14-5-3-2-4-6-14)7-8-13(16)11-17-10-9-15/h2-6,12,15H,7-11,18H2,1H3. The highest BCUT2D eigenvalue weighted by molar-refractivity contribution is 6.54. The van der Waals surface area contributed by atoms with Crippen LogP contribution in [0.5, 0.6) is 0 Å². The molecule has 0 radical (unpaired) electrons. The van der Waals surface area contributed by atoms with Crippen LogP contribution in [0.4, 0.5) is 0 Å². The Balaban J connectivity index is 2.17. The summed E-state index contributed by atoms with van der Waals surface area (Å²) in [4.78, 5) is 11.5. The van der Waals surface area contributed by atoms with Gasteiger partial charge in [0.05, 0.1) is 22.7 Å². The quantitative estimate of drug-likeness (QED) is 0.527. The summed E-state index contributed by atoms with van der Waals surface area (Å²) in [7, 11) is -0.287. The molecule has 1 rings (SSSR count). The zero-order valence-electron chi connectivity index (χ0n) is 11.0. The van der Waals surface area contributed by atoms with Crippen molar-refractivity contribution in [3.05, 3.63) is 30.3 Å². The Morgan fingerprint density at radius 1 is 1.39 bits per heavy atom. The molecule has 0 aromatic heterocycles. The molecule has 0 fully saturated rings. The molecule has 0 saturated heterocycles. The van der Waals surface area contributed by atoms with Crippen LogP contribution >= 0.6 is 0 Å². The van der Waals surface area contributed by atoms with E-state index in [1.165, 1.54) is 5.19 Å². The molecule has 1 aromatic carbocycles. The third-order valence-corrected chi connectivity index (χ3v) is 4.89. The Labute approximate surface area is 111 Å². The molecule has 0 amide bonds. The van der Waals surface area contributed by atoms with Crippen LogP contribution in [0.15, 0.2) is 30.3 Å². The van der Waals surface area contributed by atoms with E-state index in [-0.39, 0.29) is 35.1 Å². The third kappa shape index (κ3) is 6.69. The van der Waals surface area contributed by atoms with E-state index in [4.69, 9.17) is 9.84 Å². The molecule has 0 bridgehead atoms. The van der Waals surface area contributed by atoms with Crippen molar-refractivity contribution in [2.45, 2.75) is 25.3 Å². The number of aliphatic hydroxyl groups is 1. The molecule has 1 atom stereocenters. The normalized spacial score (nSPS) is 13.0. The predicted molar refractivity (Wildman–Crippen MR) is 76.2 cm³/mol. The van der Waals surface area contributed by atoms with Gasteiger partial charge in [-0.1, -0.05) is 42.4 Å². The maximum Gasteiger partial charge on any atom is 0.158 e. The Morgan fingerprint density at radius 2 is 2.11 bits per heavy atom. The molecule has 0 spiro atoms. The lowest BCUT2D eigenvalue weighted by molar-refractivity contribution is -0.123. The number of benzene rings is 1. The Bertz CT molecular complexity index is 340. The number of carbonyl (C=O) groups excluding carboxylic acids is 1. The Hall–Kier alpha value is -0.973. The minimum Gasteiger partial charge on any atom is -0.394 e. The Kier molecular flexibility index (Phi) is 7.56. The second-order valence-electron chi connectivity index (χ2n) is 4.65. The first-order chi connectivity index (χ1) is 8.72. The van der Waals surface area contributed by atoms with Gasteiger partial charge in [-0.2, -0.15) is 0 Å². The minimum atomic E-state index is -0.287. The second-order valence-corrected chi connectivity index (χ2v) is 7.27. The summed E-state index contributed by atoms with van der Waals surface area (Å²) < 4.78 is 5.01. The van der Waals surface area contributed by atoms with Crippen LogP contribution in [-0.2, 0) is 9.53 Å².